The molecule has 0 atom stereocenters. The largest absolute Gasteiger partial charge is 0.508 e. The van der Waals surface area contributed by atoms with Gasteiger partial charge in [-0.2, -0.15) is 5.10 Å². The highest BCUT2D eigenvalue weighted by Gasteiger charge is 2.08. The summed E-state index contributed by atoms with van der Waals surface area (Å²) in [6.45, 7) is 0. The molecule has 3 aromatic rings. The van der Waals surface area contributed by atoms with E-state index < -0.39 is 0 Å². The van der Waals surface area contributed by atoms with Crippen molar-refractivity contribution < 1.29 is 5.11 Å². The molecule has 15 heavy (non-hydrogen) atoms. The number of hydrogen-bond donors (Lipinski definition) is 2. The summed E-state index contributed by atoms with van der Waals surface area (Å²) in [4.78, 5) is 0. The van der Waals surface area contributed by atoms with Gasteiger partial charge in [-0.05, 0) is 23.6 Å². The fourth-order valence-electron chi connectivity index (χ4n) is 1.60. The molecule has 0 aliphatic rings. The van der Waals surface area contributed by atoms with Crippen molar-refractivity contribution in [2.24, 2.45) is 0 Å². The lowest BCUT2D eigenvalue weighted by Crippen LogP contribution is -1.77. The van der Waals surface area contributed by atoms with E-state index in [1.165, 1.54) is 0 Å². The molecule has 4 heteroatoms. The van der Waals surface area contributed by atoms with Crippen molar-refractivity contribution in [1.82, 2.24) is 10.2 Å². The smallest absolute Gasteiger partial charge is 0.116 e. The SMILES string of the molecule is Oc1cccc(-c2[nH]nc3ccsc23)c1. The van der Waals surface area contributed by atoms with Gasteiger partial charge in [0.05, 0.1) is 10.4 Å². The third-order valence-corrected chi connectivity index (χ3v) is 3.22. The fraction of sp³-hybridized carbons (Fsp3) is 0. The van der Waals surface area contributed by atoms with Crippen LogP contribution in [0.5, 0.6) is 5.75 Å². The molecule has 0 fully saturated rings. The fourth-order valence-corrected chi connectivity index (χ4v) is 2.45. The van der Waals surface area contributed by atoms with Crippen molar-refractivity contribution in [3.05, 3.63) is 35.7 Å². The van der Waals surface area contributed by atoms with E-state index in [9.17, 15) is 5.11 Å². The highest BCUT2D eigenvalue weighted by atomic mass is 32.1. The van der Waals surface area contributed by atoms with Crippen molar-refractivity contribution in [2.45, 2.75) is 0 Å². The second-order valence-electron chi connectivity index (χ2n) is 3.28. The molecule has 74 valence electrons. The lowest BCUT2D eigenvalue weighted by atomic mass is 10.1. The number of aromatic hydroxyl groups is 1. The Bertz CT molecular complexity index is 612. The molecule has 0 spiro atoms. The standard InChI is InChI=1S/C11H8N2OS/c14-8-3-1-2-7(6-8)10-11-9(12-13-10)4-5-15-11/h1-6,14H,(H,12,13). The molecule has 2 aromatic heterocycles. The molecule has 0 amide bonds. The first-order valence-corrected chi connectivity index (χ1v) is 5.43. The summed E-state index contributed by atoms with van der Waals surface area (Å²) in [5.74, 6) is 0.270. The van der Waals surface area contributed by atoms with Gasteiger partial charge in [-0.1, -0.05) is 12.1 Å². The van der Waals surface area contributed by atoms with Gasteiger partial charge in [-0.25, -0.2) is 0 Å². The van der Waals surface area contributed by atoms with E-state index in [-0.39, 0.29) is 5.75 Å². The molecule has 0 bridgehead atoms. The Labute approximate surface area is 90.0 Å². The molecule has 0 saturated carbocycles. The van der Waals surface area contributed by atoms with Gasteiger partial charge in [0.1, 0.15) is 11.3 Å². The zero-order valence-corrected chi connectivity index (χ0v) is 8.58. The maximum atomic E-state index is 9.40. The highest BCUT2D eigenvalue weighted by Crippen LogP contribution is 2.31. The van der Waals surface area contributed by atoms with Crippen molar-refractivity contribution in [1.29, 1.82) is 0 Å². The lowest BCUT2D eigenvalue weighted by molar-refractivity contribution is 0.475. The Morgan fingerprint density at radius 2 is 2.20 bits per heavy atom. The number of nitrogens with zero attached hydrogens (tertiary/aromatic N) is 1. The minimum absolute atomic E-state index is 0.270. The predicted molar refractivity (Wildman–Crippen MR) is 61.1 cm³/mol. The zero-order chi connectivity index (χ0) is 10.3. The zero-order valence-electron chi connectivity index (χ0n) is 7.77. The summed E-state index contributed by atoms with van der Waals surface area (Å²) in [5.41, 5.74) is 2.90. The van der Waals surface area contributed by atoms with Gasteiger partial charge in [0.15, 0.2) is 0 Å². The summed E-state index contributed by atoms with van der Waals surface area (Å²) < 4.78 is 1.13. The maximum Gasteiger partial charge on any atom is 0.116 e. The van der Waals surface area contributed by atoms with Crippen LogP contribution in [0.1, 0.15) is 0 Å². The van der Waals surface area contributed by atoms with E-state index in [0.29, 0.717) is 0 Å². The van der Waals surface area contributed by atoms with Crippen LogP contribution in [-0.2, 0) is 0 Å². The van der Waals surface area contributed by atoms with Crippen LogP contribution in [0.2, 0.25) is 0 Å². The molecule has 0 unspecified atom stereocenters. The van der Waals surface area contributed by atoms with Gasteiger partial charge in [-0.3, -0.25) is 5.10 Å². The maximum absolute atomic E-state index is 9.40. The Balaban J connectivity index is 2.26. The van der Waals surface area contributed by atoms with Crippen LogP contribution < -0.4 is 0 Å². The second kappa shape index (κ2) is 3.10. The van der Waals surface area contributed by atoms with Crippen LogP contribution in [0.15, 0.2) is 35.7 Å². The molecule has 1 aromatic carbocycles. The van der Waals surface area contributed by atoms with E-state index in [1.54, 1.807) is 23.5 Å². The molecule has 0 saturated heterocycles. The Hall–Kier alpha value is -1.81. The summed E-state index contributed by atoms with van der Waals surface area (Å²) in [7, 11) is 0. The molecule has 3 nitrogen and oxygen atoms in total. The third-order valence-electron chi connectivity index (χ3n) is 2.29. The van der Waals surface area contributed by atoms with E-state index >= 15 is 0 Å². The summed E-state index contributed by atoms with van der Waals surface area (Å²) in [5, 5.41) is 18.6. The van der Waals surface area contributed by atoms with Crippen molar-refractivity contribution >= 4 is 21.6 Å². The number of rotatable bonds is 1. The molecular formula is C11H8N2OS. The van der Waals surface area contributed by atoms with E-state index in [1.807, 2.05) is 23.6 Å². The average Bonchev–Trinajstić information content (AvgIpc) is 2.77. The Morgan fingerprint density at radius 1 is 1.27 bits per heavy atom. The number of phenols is 1. The second-order valence-corrected chi connectivity index (χ2v) is 4.20. The van der Waals surface area contributed by atoms with Crippen LogP contribution in [0.25, 0.3) is 21.5 Å². The molecule has 2 heterocycles. The highest BCUT2D eigenvalue weighted by molar-refractivity contribution is 7.17. The van der Waals surface area contributed by atoms with E-state index in [0.717, 1.165) is 21.5 Å². The average molecular weight is 216 g/mol. The molecule has 0 aliphatic carbocycles. The Kier molecular flexibility index (Phi) is 1.76. The van der Waals surface area contributed by atoms with Gasteiger partial charge in [-0.15, -0.1) is 11.3 Å². The number of aromatic nitrogens is 2. The van der Waals surface area contributed by atoms with Crippen LogP contribution in [0.4, 0.5) is 0 Å². The number of benzene rings is 1. The normalized spacial score (nSPS) is 10.9. The van der Waals surface area contributed by atoms with Gasteiger partial charge in [0.2, 0.25) is 0 Å². The summed E-state index contributed by atoms with van der Waals surface area (Å²) in [6, 6.07) is 9.14. The van der Waals surface area contributed by atoms with Crippen LogP contribution in [-0.4, -0.2) is 15.3 Å². The Morgan fingerprint density at radius 3 is 3.07 bits per heavy atom. The quantitative estimate of drug-likeness (QED) is 0.657. The van der Waals surface area contributed by atoms with Crippen LogP contribution in [0.3, 0.4) is 0 Å². The molecular weight excluding hydrogens is 208 g/mol. The third kappa shape index (κ3) is 1.30. The van der Waals surface area contributed by atoms with Gasteiger partial charge in [0, 0.05) is 5.56 Å². The van der Waals surface area contributed by atoms with E-state index in [4.69, 9.17) is 0 Å². The van der Waals surface area contributed by atoms with Gasteiger partial charge < -0.3 is 5.11 Å². The number of fused-ring (bicyclic) bond motifs is 1. The van der Waals surface area contributed by atoms with Crippen molar-refractivity contribution in [3.8, 4) is 17.0 Å². The predicted octanol–water partition coefficient (Wildman–Crippen LogP) is 3.00. The summed E-state index contributed by atoms with van der Waals surface area (Å²) in [6.07, 6.45) is 0. The van der Waals surface area contributed by atoms with Gasteiger partial charge >= 0.3 is 0 Å². The van der Waals surface area contributed by atoms with E-state index in [2.05, 4.69) is 10.2 Å². The number of nitrogens with one attached hydrogen (secondary N) is 1. The minimum Gasteiger partial charge on any atom is -0.508 e. The number of phenolic OH excluding ortho intramolecular Hbond substituents is 1. The summed E-state index contributed by atoms with van der Waals surface area (Å²) >= 11 is 1.65. The molecule has 0 aliphatic heterocycles. The topological polar surface area (TPSA) is 48.9 Å². The molecule has 3 rings (SSSR count). The number of H-pyrrole nitrogens is 1. The number of hydrogen-bond acceptors (Lipinski definition) is 3. The first kappa shape index (κ1) is 8.49. The minimum atomic E-state index is 0.270. The number of aromatic amines is 1. The van der Waals surface area contributed by atoms with Crippen LogP contribution in [0, 0.1) is 0 Å². The molecule has 0 radical (unpaired) electrons. The van der Waals surface area contributed by atoms with Crippen molar-refractivity contribution in [3.63, 3.8) is 0 Å². The van der Waals surface area contributed by atoms with Crippen molar-refractivity contribution in [2.75, 3.05) is 0 Å². The van der Waals surface area contributed by atoms with Gasteiger partial charge in [0.25, 0.3) is 0 Å². The number of thiophene rings is 1. The first-order valence-electron chi connectivity index (χ1n) is 4.55. The van der Waals surface area contributed by atoms with Crippen LogP contribution >= 0.6 is 11.3 Å². The first-order chi connectivity index (χ1) is 7.34. The molecule has 2 N–H and O–H groups in total. The lowest BCUT2D eigenvalue weighted by Gasteiger charge is -1.97. The monoisotopic (exact) mass is 216 g/mol.